The quantitative estimate of drug-likeness (QED) is 0.895. The topological polar surface area (TPSA) is 50.4 Å². The number of aryl methyl sites for hydroxylation is 1. The minimum absolute atomic E-state index is 0.0552. The summed E-state index contributed by atoms with van der Waals surface area (Å²) in [5.41, 5.74) is 3.13. The molecule has 2 N–H and O–H groups in total. The van der Waals surface area contributed by atoms with Gasteiger partial charge in [0.15, 0.2) is 0 Å². The first kappa shape index (κ1) is 14.5. The number of amides is 1. The summed E-state index contributed by atoms with van der Waals surface area (Å²) in [7, 11) is 1.96. The molecule has 0 aliphatic carbocycles. The molecule has 3 atom stereocenters. The van der Waals surface area contributed by atoms with Crippen LogP contribution in [0.5, 0.6) is 0 Å². The zero-order valence-corrected chi connectivity index (χ0v) is 12.8. The zero-order valence-electron chi connectivity index (χ0n) is 12.8. The number of nitrogens with one attached hydrogen (secondary N) is 2. The van der Waals surface area contributed by atoms with Crippen LogP contribution in [0, 0.1) is 5.92 Å². The lowest BCUT2D eigenvalue weighted by molar-refractivity contribution is 0.0630. The van der Waals surface area contributed by atoms with Crippen molar-refractivity contribution in [1.82, 2.24) is 10.6 Å². The maximum atomic E-state index is 12.2. The highest BCUT2D eigenvalue weighted by atomic mass is 16.5. The number of likely N-dealkylation sites (N-methyl/N-ethyl adjacent to an activating group) is 1. The second-order valence-electron chi connectivity index (χ2n) is 6.14. The lowest BCUT2D eigenvalue weighted by Gasteiger charge is -2.26. The van der Waals surface area contributed by atoms with Crippen molar-refractivity contribution < 1.29 is 9.53 Å². The lowest BCUT2D eigenvalue weighted by Crippen LogP contribution is -2.33. The molecule has 0 bridgehead atoms. The van der Waals surface area contributed by atoms with Crippen molar-refractivity contribution in [3.05, 3.63) is 34.9 Å². The maximum absolute atomic E-state index is 12.2. The first-order valence-corrected chi connectivity index (χ1v) is 7.90. The summed E-state index contributed by atoms with van der Waals surface area (Å²) in [5, 5.41) is 6.34. The fourth-order valence-electron chi connectivity index (χ4n) is 3.46. The summed E-state index contributed by atoms with van der Waals surface area (Å²) in [4.78, 5) is 12.2. The van der Waals surface area contributed by atoms with Crippen LogP contribution in [0.15, 0.2) is 18.2 Å². The number of carbonyl (C=O) groups excluding carboxylic acids is 1. The van der Waals surface area contributed by atoms with Crippen molar-refractivity contribution >= 4 is 5.91 Å². The minimum Gasteiger partial charge on any atom is -0.376 e. The van der Waals surface area contributed by atoms with Gasteiger partial charge in [0.25, 0.3) is 5.91 Å². The molecular formula is C17H24N2O2. The Kier molecular flexibility index (Phi) is 4.27. The summed E-state index contributed by atoms with van der Waals surface area (Å²) in [6.07, 6.45) is 3.27. The molecule has 1 fully saturated rings. The lowest BCUT2D eigenvalue weighted by atomic mass is 9.90. The molecule has 114 valence electrons. The highest BCUT2D eigenvalue weighted by Gasteiger charge is 2.32. The van der Waals surface area contributed by atoms with E-state index in [9.17, 15) is 4.79 Å². The Balaban J connectivity index is 1.92. The molecule has 1 saturated heterocycles. The summed E-state index contributed by atoms with van der Waals surface area (Å²) in [6.45, 7) is 3.83. The Morgan fingerprint density at radius 2 is 2.29 bits per heavy atom. The zero-order chi connectivity index (χ0) is 14.8. The number of fused-ring (bicyclic) bond motifs is 1. The van der Waals surface area contributed by atoms with Crippen LogP contribution in [0.1, 0.15) is 47.3 Å². The van der Waals surface area contributed by atoms with Crippen LogP contribution in [0.3, 0.4) is 0 Å². The number of hydrogen-bond acceptors (Lipinski definition) is 3. The first-order chi connectivity index (χ1) is 10.2. The number of carbonyl (C=O) groups is 1. The molecule has 4 heteroatoms. The third-order valence-corrected chi connectivity index (χ3v) is 4.73. The molecule has 0 saturated carbocycles. The van der Waals surface area contributed by atoms with Gasteiger partial charge in [-0.15, -0.1) is 0 Å². The van der Waals surface area contributed by atoms with Crippen LogP contribution in [-0.4, -0.2) is 32.2 Å². The average Bonchev–Trinajstić information content (AvgIpc) is 2.82. The molecule has 1 aromatic carbocycles. The van der Waals surface area contributed by atoms with Gasteiger partial charge >= 0.3 is 0 Å². The standard InChI is InChI=1S/C17H24N2O2/c1-11-7-9-21-16(11)15(18-2)13-6-5-12-4-3-8-19-17(20)14(12)10-13/h5-6,10-11,15-16,18H,3-4,7-9H2,1-2H3,(H,19,20). The molecular weight excluding hydrogens is 264 g/mol. The summed E-state index contributed by atoms with van der Waals surface area (Å²) in [5.74, 6) is 0.592. The fourth-order valence-corrected chi connectivity index (χ4v) is 3.46. The van der Waals surface area contributed by atoms with E-state index in [-0.39, 0.29) is 18.1 Å². The van der Waals surface area contributed by atoms with Crippen LogP contribution in [-0.2, 0) is 11.2 Å². The van der Waals surface area contributed by atoms with E-state index in [0.717, 1.165) is 49.1 Å². The molecule has 3 unspecified atom stereocenters. The average molecular weight is 288 g/mol. The van der Waals surface area contributed by atoms with E-state index < -0.39 is 0 Å². The highest BCUT2D eigenvalue weighted by molar-refractivity contribution is 5.96. The second kappa shape index (κ2) is 6.16. The SMILES string of the molecule is CNC(c1ccc2c(c1)C(=O)NCCC2)C1OCCC1C. The van der Waals surface area contributed by atoms with Gasteiger partial charge in [-0.25, -0.2) is 0 Å². The maximum Gasteiger partial charge on any atom is 0.251 e. The van der Waals surface area contributed by atoms with Crippen LogP contribution in [0.2, 0.25) is 0 Å². The Labute approximate surface area is 126 Å². The van der Waals surface area contributed by atoms with E-state index in [1.54, 1.807) is 0 Å². The van der Waals surface area contributed by atoms with Gasteiger partial charge in [-0.05, 0) is 49.4 Å². The number of rotatable bonds is 3. The summed E-state index contributed by atoms with van der Waals surface area (Å²) in [6, 6.07) is 6.45. The fraction of sp³-hybridized carbons (Fsp3) is 0.588. The van der Waals surface area contributed by atoms with Gasteiger partial charge < -0.3 is 15.4 Å². The van der Waals surface area contributed by atoms with Gasteiger partial charge in [-0.2, -0.15) is 0 Å². The third kappa shape index (κ3) is 2.83. The highest BCUT2D eigenvalue weighted by Crippen LogP contribution is 2.32. The Bertz CT molecular complexity index is 530. The van der Waals surface area contributed by atoms with Gasteiger partial charge in [0, 0.05) is 18.7 Å². The second-order valence-corrected chi connectivity index (χ2v) is 6.14. The molecule has 0 radical (unpaired) electrons. The van der Waals surface area contributed by atoms with Gasteiger partial charge in [-0.1, -0.05) is 19.1 Å². The van der Waals surface area contributed by atoms with Gasteiger partial charge in [0.2, 0.25) is 0 Å². The Morgan fingerprint density at radius 3 is 3.00 bits per heavy atom. The van der Waals surface area contributed by atoms with E-state index in [4.69, 9.17) is 4.74 Å². The van der Waals surface area contributed by atoms with Crippen molar-refractivity contribution in [3.8, 4) is 0 Å². The predicted octanol–water partition coefficient (Wildman–Crippen LogP) is 2.05. The van der Waals surface area contributed by atoms with Crippen molar-refractivity contribution in [2.24, 2.45) is 5.92 Å². The van der Waals surface area contributed by atoms with Crippen molar-refractivity contribution in [2.75, 3.05) is 20.2 Å². The van der Waals surface area contributed by atoms with E-state index in [1.165, 1.54) is 0 Å². The van der Waals surface area contributed by atoms with Crippen LogP contribution in [0.25, 0.3) is 0 Å². The smallest absolute Gasteiger partial charge is 0.251 e. The van der Waals surface area contributed by atoms with E-state index in [1.807, 2.05) is 13.1 Å². The van der Waals surface area contributed by atoms with Crippen molar-refractivity contribution in [3.63, 3.8) is 0 Å². The van der Waals surface area contributed by atoms with Crippen LogP contribution >= 0.6 is 0 Å². The summed E-state index contributed by atoms with van der Waals surface area (Å²) >= 11 is 0. The van der Waals surface area contributed by atoms with Gasteiger partial charge in [-0.3, -0.25) is 4.79 Å². The van der Waals surface area contributed by atoms with E-state index >= 15 is 0 Å². The number of benzene rings is 1. The predicted molar refractivity (Wildman–Crippen MR) is 82.4 cm³/mol. The molecule has 0 aromatic heterocycles. The van der Waals surface area contributed by atoms with Crippen LogP contribution < -0.4 is 10.6 Å². The molecule has 1 amide bonds. The van der Waals surface area contributed by atoms with Crippen LogP contribution in [0.4, 0.5) is 0 Å². The summed E-state index contributed by atoms with van der Waals surface area (Å²) < 4.78 is 5.91. The molecule has 2 heterocycles. The normalized spacial score (nSPS) is 26.9. The van der Waals surface area contributed by atoms with Gasteiger partial charge in [0.1, 0.15) is 0 Å². The molecule has 2 aliphatic heterocycles. The number of hydrogen-bond donors (Lipinski definition) is 2. The largest absolute Gasteiger partial charge is 0.376 e. The molecule has 3 rings (SSSR count). The van der Waals surface area contributed by atoms with Gasteiger partial charge in [0.05, 0.1) is 12.1 Å². The molecule has 2 aliphatic rings. The minimum atomic E-state index is 0.0552. The molecule has 1 aromatic rings. The molecule has 0 spiro atoms. The molecule has 21 heavy (non-hydrogen) atoms. The van der Waals surface area contributed by atoms with E-state index in [0.29, 0.717) is 5.92 Å². The first-order valence-electron chi connectivity index (χ1n) is 7.90. The molecule has 4 nitrogen and oxygen atoms in total. The Hall–Kier alpha value is -1.39. The third-order valence-electron chi connectivity index (χ3n) is 4.73. The van der Waals surface area contributed by atoms with Crippen molar-refractivity contribution in [1.29, 1.82) is 0 Å². The van der Waals surface area contributed by atoms with E-state index in [2.05, 4.69) is 29.7 Å². The van der Waals surface area contributed by atoms with Crippen molar-refractivity contribution in [2.45, 2.75) is 38.3 Å². The monoisotopic (exact) mass is 288 g/mol. The number of ether oxygens (including phenoxy) is 1. The Morgan fingerprint density at radius 1 is 1.43 bits per heavy atom.